The van der Waals surface area contributed by atoms with Crippen LogP contribution < -0.4 is 5.73 Å². The molecular weight excluding hydrogens is 420 g/mol. The zero-order chi connectivity index (χ0) is 22.2. The summed E-state index contributed by atoms with van der Waals surface area (Å²) in [5.74, 6) is -1.98. The highest BCUT2D eigenvalue weighted by atomic mass is 32.2. The van der Waals surface area contributed by atoms with E-state index >= 15 is 0 Å². The summed E-state index contributed by atoms with van der Waals surface area (Å²) in [6.07, 6.45) is 0. The predicted octanol–water partition coefficient (Wildman–Crippen LogP) is 3.40. The number of rotatable bonds is 5. The molecule has 30 heavy (non-hydrogen) atoms. The Morgan fingerprint density at radius 3 is 2.40 bits per heavy atom. The van der Waals surface area contributed by atoms with Crippen LogP contribution in [0.3, 0.4) is 0 Å². The zero-order valence-corrected chi connectivity index (χ0v) is 15.6. The highest BCUT2D eigenvalue weighted by molar-refractivity contribution is 7.85. The molecule has 3 rings (SSSR count). The number of non-ortho nitro benzene ring substituents is 1. The van der Waals surface area contributed by atoms with E-state index in [1.165, 1.54) is 12.1 Å². The van der Waals surface area contributed by atoms with Crippen molar-refractivity contribution >= 4 is 49.6 Å². The second-order valence-corrected chi connectivity index (χ2v) is 7.40. The number of phenolic OH excluding ortho intramolecular Hbond substituents is 1. The van der Waals surface area contributed by atoms with Gasteiger partial charge in [0.1, 0.15) is 17.1 Å². The number of hydrogen-bond donors (Lipinski definition) is 4. The molecule has 5 N–H and O–H groups in total. The Morgan fingerprint density at radius 2 is 1.80 bits per heavy atom. The lowest BCUT2D eigenvalue weighted by atomic mass is 10.1. The van der Waals surface area contributed by atoms with Gasteiger partial charge in [0.05, 0.1) is 26.5 Å². The van der Waals surface area contributed by atoms with Crippen LogP contribution in [0.4, 0.5) is 22.7 Å². The second kappa shape index (κ2) is 7.38. The average molecular weight is 432 g/mol. The number of hydrogen-bond acceptors (Lipinski definition) is 9. The van der Waals surface area contributed by atoms with E-state index in [-0.39, 0.29) is 33.4 Å². The first-order chi connectivity index (χ1) is 14.0. The van der Waals surface area contributed by atoms with Crippen molar-refractivity contribution in [3.05, 3.63) is 58.1 Å². The van der Waals surface area contributed by atoms with Gasteiger partial charge in [0.15, 0.2) is 0 Å². The normalized spacial score (nSPS) is 11.8. The van der Waals surface area contributed by atoms with Gasteiger partial charge in [-0.05, 0) is 23.6 Å². The quantitative estimate of drug-likeness (QED) is 0.153. The molecule has 0 bridgehead atoms. The molecule has 0 amide bonds. The third-order valence-corrected chi connectivity index (χ3v) is 4.88. The van der Waals surface area contributed by atoms with Crippen molar-refractivity contribution in [3.8, 4) is 5.75 Å². The molecular formula is C17H12N4O8S. The first-order valence-corrected chi connectivity index (χ1v) is 9.39. The first-order valence-electron chi connectivity index (χ1n) is 7.95. The van der Waals surface area contributed by atoms with Crippen LogP contribution in [-0.4, -0.2) is 34.1 Å². The number of azo groups is 1. The standard InChI is InChI=1S/C17H12N4O8S/c18-12-4-1-8-5-10(30(27,28)29)7-14(22)15(8)16(12)20-19-13-6-9(21(25)26)2-3-11(13)17(23)24/h1-7,22H,18H2,(H,23,24)(H,27,28,29). The number of carboxylic acids is 1. The topological polar surface area (TPSA) is 206 Å². The maximum Gasteiger partial charge on any atom is 0.337 e. The third kappa shape index (κ3) is 3.87. The number of phenols is 1. The van der Waals surface area contributed by atoms with Crippen molar-refractivity contribution in [2.45, 2.75) is 4.90 Å². The van der Waals surface area contributed by atoms with Crippen molar-refractivity contribution in [1.29, 1.82) is 0 Å². The Kier molecular flexibility index (Phi) is 5.07. The fourth-order valence-electron chi connectivity index (χ4n) is 2.67. The van der Waals surface area contributed by atoms with Gasteiger partial charge < -0.3 is 15.9 Å². The van der Waals surface area contributed by atoms with Gasteiger partial charge in [-0.3, -0.25) is 14.7 Å². The largest absolute Gasteiger partial charge is 0.507 e. The van der Waals surface area contributed by atoms with Gasteiger partial charge in [-0.25, -0.2) is 4.79 Å². The van der Waals surface area contributed by atoms with Crippen LogP contribution >= 0.6 is 0 Å². The smallest absolute Gasteiger partial charge is 0.337 e. The number of anilines is 1. The van der Waals surface area contributed by atoms with Crippen molar-refractivity contribution in [2.24, 2.45) is 10.2 Å². The summed E-state index contributed by atoms with van der Waals surface area (Å²) in [5.41, 5.74) is 4.63. The van der Waals surface area contributed by atoms with Crippen LogP contribution in [0.15, 0.2) is 57.6 Å². The number of benzene rings is 3. The van der Waals surface area contributed by atoms with E-state index in [2.05, 4.69) is 10.2 Å². The van der Waals surface area contributed by atoms with E-state index in [9.17, 15) is 38.1 Å². The van der Waals surface area contributed by atoms with Gasteiger partial charge in [-0.2, -0.15) is 8.42 Å². The van der Waals surface area contributed by atoms with E-state index in [4.69, 9.17) is 5.73 Å². The molecule has 0 saturated carbocycles. The second-order valence-electron chi connectivity index (χ2n) is 5.98. The van der Waals surface area contributed by atoms with Gasteiger partial charge in [0, 0.05) is 18.2 Å². The molecule has 0 heterocycles. The molecule has 0 atom stereocenters. The van der Waals surface area contributed by atoms with Crippen LogP contribution in [0, 0.1) is 10.1 Å². The van der Waals surface area contributed by atoms with Crippen LogP contribution in [0.2, 0.25) is 0 Å². The predicted molar refractivity (Wildman–Crippen MR) is 104 cm³/mol. The molecule has 3 aromatic carbocycles. The SMILES string of the molecule is Nc1ccc2cc(S(=O)(=O)O)cc(O)c2c1N=Nc1cc([N+](=O)[O-])ccc1C(=O)O. The van der Waals surface area contributed by atoms with Gasteiger partial charge in [-0.15, -0.1) is 10.2 Å². The molecule has 13 heteroatoms. The summed E-state index contributed by atoms with van der Waals surface area (Å²) in [5, 5.41) is 38.2. The summed E-state index contributed by atoms with van der Waals surface area (Å²) < 4.78 is 31.9. The molecule has 0 radical (unpaired) electrons. The molecule has 154 valence electrons. The molecule has 0 saturated heterocycles. The third-order valence-electron chi connectivity index (χ3n) is 4.05. The Hall–Kier alpha value is -4.10. The number of nitrogen functional groups attached to an aromatic ring is 1. The van der Waals surface area contributed by atoms with Crippen molar-refractivity contribution in [3.63, 3.8) is 0 Å². The molecule has 0 aromatic heterocycles. The minimum Gasteiger partial charge on any atom is -0.507 e. The van der Waals surface area contributed by atoms with Gasteiger partial charge >= 0.3 is 5.97 Å². The molecule has 0 aliphatic heterocycles. The zero-order valence-electron chi connectivity index (χ0n) is 14.8. The van der Waals surface area contributed by atoms with Gasteiger partial charge in [0.2, 0.25) is 0 Å². The van der Waals surface area contributed by atoms with Crippen LogP contribution in [0.5, 0.6) is 5.75 Å². The first kappa shape index (κ1) is 20.6. The number of nitro benzene ring substituents is 1. The number of carboxylic acid groups (broad SMARTS) is 1. The summed E-state index contributed by atoms with van der Waals surface area (Å²) in [6, 6.07) is 7.45. The minimum absolute atomic E-state index is 0.00321. The molecule has 0 aliphatic carbocycles. The van der Waals surface area contributed by atoms with Crippen molar-refractivity contribution in [1.82, 2.24) is 0 Å². The lowest BCUT2D eigenvalue weighted by molar-refractivity contribution is -0.384. The van der Waals surface area contributed by atoms with Crippen molar-refractivity contribution < 1.29 is 32.9 Å². The molecule has 0 unspecified atom stereocenters. The highest BCUT2D eigenvalue weighted by Crippen LogP contribution is 2.40. The number of nitrogens with zero attached hydrogens (tertiary/aromatic N) is 3. The van der Waals surface area contributed by atoms with Gasteiger partial charge in [0.25, 0.3) is 15.8 Å². The van der Waals surface area contributed by atoms with E-state index in [1.54, 1.807) is 0 Å². The monoisotopic (exact) mass is 432 g/mol. The van der Waals surface area contributed by atoms with E-state index in [0.29, 0.717) is 0 Å². The number of aromatic carboxylic acids is 1. The summed E-state index contributed by atoms with van der Waals surface area (Å²) in [6.45, 7) is 0. The fraction of sp³-hybridized carbons (Fsp3) is 0. The van der Waals surface area contributed by atoms with E-state index in [0.717, 1.165) is 30.3 Å². The molecule has 0 fully saturated rings. The lowest BCUT2D eigenvalue weighted by Gasteiger charge is -2.09. The Morgan fingerprint density at radius 1 is 1.10 bits per heavy atom. The van der Waals surface area contributed by atoms with Gasteiger partial charge in [-0.1, -0.05) is 6.07 Å². The molecule has 0 spiro atoms. The maximum absolute atomic E-state index is 11.4. The lowest BCUT2D eigenvalue weighted by Crippen LogP contribution is -1.98. The molecule has 0 aliphatic rings. The number of nitro groups is 1. The summed E-state index contributed by atoms with van der Waals surface area (Å²) >= 11 is 0. The molecule has 3 aromatic rings. The fourth-order valence-corrected chi connectivity index (χ4v) is 3.21. The van der Waals surface area contributed by atoms with E-state index < -0.39 is 37.3 Å². The summed E-state index contributed by atoms with van der Waals surface area (Å²) in [7, 11) is -4.60. The van der Waals surface area contributed by atoms with Crippen LogP contribution in [0.25, 0.3) is 10.8 Å². The number of fused-ring (bicyclic) bond motifs is 1. The highest BCUT2D eigenvalue weighted by Gasteiger charge is 2.18. The van der Waals surface area contributed by atoms with Crippen molar-refractivity contribution in [2.75, 3.05) is 5.73 Å². The van der Waals surface area contributed by atoms with Crippen LogP contribution in [0.1, 0.15) is 10.4 Å². The Labute approximate surface area is 167 Å². The maximum atomic E-state index is 11.4. The average Bonchev–Trinajstić information content (AvgIpc) is 2.66. The minimum atomic E-state index is -4.60. The van der Waals surface area contributed by atoms with E-state index in [1.807, 2.05) is 0 Å². The summed E-state index contributed by atoms with van der Waals surface area (Å²) in [4.78, 5) is 21.0. The number of aromatic hydroxyl groups is 1. The molecule has 12 nitrogen and oxygen atoms in total. The Balaban J connectivity index is 2.22. The number of carbonyl (C=O) groups is 1. The number of nitrogens with two attached hydrogens (primary N) is 1. The van der Waals surface area contributed by atoms with Crippen LogP contribution in [-0.2, 0) is 10.1 Å². The Bertz CT molecular complexity index is 1350.